The maximum Gasteiger partial charge on any atom is 0.441 e. The Kier molecular flexibility index (Phi) is 5.48. The molecule has 0 saturated heterocycles. The highest BCUT2D eigenvalue weighted by molar-refractivity contribution is 8.00. The van der Waals surface area contributed by atoms with Crippen LogP contribution in [0.15, 0.2) is 0 Å². The number of carbonyl (C=O) groups is 2. The standard InChI is InChI=1S/C7H10F3NO3S/c1-4(12)11-5(6(13)14)2-3-15-7(8,9)10/h5H,2-3H2,1H3,(H,11,12)(H,13,14)/t5-/m0/s1. The number of hydrogen-bond donors (Lipinski definition) is 2. The van der Waals surface area contributed by atoms with Gasteiger partial charge in [-0.05, 0) is 6.42 Å². The van der Waals surface area contributed by atoms with E-state index < -0.39 is 29.2 Å². The van der Waals surface area contributed by atoms with Gasteiger partial charge in [0.2, 0.25) is 5.91 Å². The third-order valence-electron chi connectivity index (χ3n) is 1.35. The van der Waals surface area contributed by atoms with Crippen molar-refractivity contribution in [1.29, 1.82) is 0 Å². The first-order valence-corrected chi connectivity index (χ1v) is 4.91. The number of aliphatic carboxylic acids is 1. The summed E-state index contributed by atoms with van der Waals surface area (Å²) in [6, 6.07) is -1.27. The summed E-state index contributed by atoms with van der Waals surface area (Å²) in [5, 5.41) is 10.6. The Morgan fingerprint density at radius 3 is 2.33 bits per heavy atom. The molecule has 0 rings (SSSR count). The van der Waals surface area contributed by atoms with Gasteiger partial charge in [0.25, 0.3) is 0 Å². The van der Waals surface area contributed by atoms with Crippen molar-refractivity contribution in [1.82, 2.24) is 5.32 Å². The summed E-state index contributed by atoms with van der Waals surface area (Å²) in [6.45, 7) is 1.10. The zero-order valence-electron chi connectivity index (χ0n) is 7.80. The normalized spacial score (nSPS) is 13.3. The molecule has 0 aromatic carbocycles. The smallest absolute Gasteiger partial charge is 0.441 e. The monoisotopic (exact) mass is 245 g/mol. The summed E-state index contributed by atoms with van der Waals surface area (Å²) >= 11 is -0.308. The lowest BCUT2D eigenvalue weighted by molar-refractivity contribution is -0.141. The van der Waals surface area contributed by atoms with Gasteiger partial charge in [-0.15, -0.1) is 0 Å². The quantitative estimate of drug-likeness (QED) is 0.764. The maximum atomic E-state index is 11.7. The van der Waals surface area contributed by atoms with E-state index in [1.54, 1.807) is 0 Å². The first-order valence-electron chi connectivity index (χ1n) is 3.93. The van der Waals surface area contributed by atoms with Crippen LogP contribution < -0.4 is 5.32 Å². The molecule has 0 unspecified atom stereocenters. The summed E-state index contributed by atoms with van der Waals surface area (Å²) in [7, 11) is 0. The zero-order chi connectivity index (χ0) is 12.1. The van der Waals surface area contributed by atoms with E-state index in [1.165, 1.54) is 0 Å². The van der Waals surface area contributed by atoms with Gasteiger partial charge in [-0.1, -0.05) is 11.8 Å². The van der Waals surface area contributed by atoms with E-state index in [-0.39, 0.29) is 18.2 Å². The topological polar surface area (TPSA) is 66.4 Å². The van der Waals surface area contributed by atoms with Crippen LogP contribution >= 0.6 is 11.8 Å². The van der Waals surface area contributed by atoms with E-state index in [0.29, 0.717) is 0 Å². The highest BCUT2D eigenvalue weighted by Crippen LogP contribution is 2.30. The lowest BCUT2D eigenvalue weighted by Crippen LogP contribution is -2.40. The predicted molar refractivity (Wildman–Crippen MR) is 48.4 cm³/mol. The number of rotatable bonds is 5. The molecule has 0 aliphatic rings. The number of nitrogens with one attached hydrogen (secondary N) is 1. The van der Waals surface area contributed by atoms with Crippen molar-refractivity contribution < 1.29 is 27.9 Å². The number of hydrogen-bond acceptors (Lipinski definition) is 3. The first-order chi connectivity index (χ1) is 6.72. The Morgan fingerprint density at radius 1 is 1.47 bits per heavy atom. The molecule has 0 aliphatic carbocycles. The average Bonchev–Trinajstić information content (AvgIpc) is 1.99. The van der Waals surface area contributed by atoms with Crippen molar-refractivity contribution in [3.63, 3.8) is 0 Å². The molecule has 0 radical (unpaired) electrons. The third kappa shape index (κ3) is 8.10. The molecule has 8 heteroatoms. The molecule has 0 spiro atoms. The summed E-state index contributed by atoms with van der Waals surface area (Å²) in [5.74, 6) is -2.33. The van der Waals surface area contributed by atoms with Gasteiger partial charge in [0.05, 0.1) is 0 Å². The fraction of sp³-hybridized carbons (Fsp3) is 0.714. The van der Waals surface area contributed by atoms with Crippen molar-refractivity contribution >= 4 is 23.6 Å². The van der Waals surface area contributed by atoms with Gasteiger partial charge in [0.15, 0.2) is 0 Å². The van der Waals surface area contributed by atoms with E-state index >= 15 is 0 Å². The van der Waals surface area contributed by atoms with Gasteiger partial charge in [-0.3, -0.25) is 4.79 Å². The lowest BCUT2D eigenvalue weighted by atomic mass is 10.2. The minimum atomic E-state index is -4.38. The molecule has 0 heterocycles. The first kappa shape index (κ1) is 14.1. The summed E-state index contributed by atoms with van der Waals surface area (Å²) < 4.78 is 35.1. The number of thioether (sulfide) groups is 1. The lowest BCUT2D eigenvalue weighted by Gasteiger charge is -2.13. The second-order valence-corrected chi connectivity index (χ2v) is 3.83. The Hall–Kier alpha value is -0.920. The zero-order valence-corrected chi connectivity index (χ0v) is 8.61. The number of carbonyl (C=O) groups excluding carboxylic acids is 1. The van der Waals surface area contributed by atoms with Crippen LogP contribution in [0.2, 0.25) is 0 Å². The highest BCUT2D eigenvalue weighted by atomic mass is 32.2. The van der Waals surface area contributed by atoms with Crippen LogP contribution in [0.3, 0.4) is 0 Å². The van der Waals surface area contributed by atoms with Gasteiger partial charge in [0.1, 0.15) is 6.04 Å². The van der Waals surface area contributed by atoms with Crippen LogP contribution in [0.5, 0.6) is 0 Å². The van der Waals surface area contributed by atoms with Gasteiger partial charge in [-0.25, -0.2) is 4.79 Å². The van der Waals surface area contributed by atoms with E-state index in [9.17, 15) is 22.8 Å². The van der Waals surface area contributed by atoms with Crippen LogP contribution in [0.1, 0.15) is 13.3 Å². The van der Waals surface area contributed by atoms with Crippen LogP contribution in [0.25, 0.3) is 0 Å². The summed E-state index contributed by atoms with van der Waals surface area (Å²) in [4.78, 5) is 21.0. The second kappa shape index (κ2) is 5.84. The Balaban J connectivity index is 3.98. The number of carboxylic acid groups (broad SMARTS) is 1. The molecule has 88 valence electrons. The van der Waals surface area contributed by atoms with Gasteiger partial charge in [-0.2, -0.15) is 13.2 Å². The molecule has 2 N–H and O–H groups in total. The van der Waals surface area contributed by atoms with Gasteiger partial charge < -0.3 is 10.4 Å². The van der Waals surface area contributed by atoms with Gasteiger partial charge in [0, 0.05) is 12.7 Å². The molecule has 0 fully saturated rings. The molecule has 0 aromatic heterocycles. The van der Waals surface area contributed by atoms with Crippen LogP contribution in [-0.2, 0) is 9.59 Å². The average molecular weight is 245 g/mol. The largest absolute Gasteiger partial charge is 0.480 e. The van der Waals surface area contributed by atoms with Crippen molar-refractivity contribution in [3.8, 4) is 0 Å². The molecule has 1 amide bonds. The Labute approximate surface area is 88.2 Å². The predicted octanol–water partition coefficient (Wildman–Crippen LogP) is 1.22. The molecule has 0 aromatic rings. The molecular weight excluding hydrogens is 235 g/mol. The van der Waals surface area contributed by atoms with Crippen LogP contribution in [0, 0.1) is 0 Å². The number of carboxylic acids is 1. The molecule has 0 aliphatic heterocycles. The van der Waals surface area contributed by atoms with Crippen molar-refractivity contribution in [2.45, 2.75) is 24.9 Å². The van der Waals surface area contributed by atoms with E-state index in [2.05, 4.69) is 0 Å². The Morgan fingerprint density at radius 2 is 2.00 bits per heavy atom. The number of amides is 1. The fourth-order valence-electron chi connectivity index (χ4n) is 0.795. The molecule has 0 saturated carbocycles. The maximum absolute atomic E-state index is 11.7. The summed E-state index contributed by atoms with van der Waals surface area (Å²) in [6.07, 6.45) is -0.265. The van der Waals surface area contributed by atoms with E-state index in [1.807, 2.05) is 5.32 Å². The minimum absolute atomic E-state index is 0.265. The van der Waals surface area contributed by atoms with Gasteiger partial charge >= 0.3 is 11.5 Å². The fourth-order valence-corrected chi connectivity index (χ4v) is 1.38. The molecule has 4 nitrogen and oxygen atoms in total. The molecule has 1 atom stereocenters. The van der Waals surface area contributed by atoms with Crippen molar-refractivity contribution in [2.75, 3.05) is 5.75 Å². The van der Waals surface area contributed by atoms with Crippen LogP contribution in [-0.4, -0.2) is 34.3 Å². The number of alkyl halides is 3. The van der Waals surface area contributed by atoms with Crippen molar-refractivity contribution in [3.05, 3.63) is 0 Å². The minimum Gasteiger partial charge on any atom is -0.480 e. The highest BCUT2D eigenvalue weighted by Gasteiger charge is 2.29. The second-order valence-electron chi connectivity index (χ2n) is 2.67. The third-order valence-corrected chi connectivity index (χ3v) is 2.11. The number of halogens is 3. The Bertz CT molecular complexity index is 244. The molecule has 0 bridgehead atoms. The van der Waals surface area contributed by atoms with Crippen LogP contribution in [0.4, 0.5) is 13.2 Å². The SMILES string of the molecule is CC(=O)N[C@@H](CCSC(F)(F)F)C(=O)O. The van der Waals surface area contributed by atoms with E-state index in [0.717, 1.165) is 6.92 Å². The van der Waals surface area contributed by atoms with Crippen molar-refractivity contribution in [2.24, 2.45) is 0 Å². The summed E-state index contributed by atoms with van der Waals surface area (Å²) in [5.41, 5.74) is -4.38. The van der Waals surface area contributed by atoms with E-state index in [4.69, 9.17) is 5.11 Å². The molecular formula is C7H10F3NO3S. The molecule has 15 heavy (non-hydrogen) atoms.